The van der Waals surface area contributed by atoms with Crippen molar-refractivity contribution in [1.82, 2.24) is 4.98 Å². The van der Waals surface area contributed by atoms with Crippen LogP contribution in [0.25, 0.3) is 11.1 Å². The second-order valence-electron chi connectivity index (χ2n) is 25.4. The average Bonchev–Trinajstić information content (AvgIpc) is 3.92. The number of fused-ring (bicyclic) bond motifs is 2. The zero-order valence-electron chi connectivity index (χ0n) is 49.5. The smallest absolute Gasteiger partial charge is 0.503 e. The first-order valence-electron chi connectivity index (χ1n) is 28.5. The summed E-state index contributed by atoms with van der Waals surface area (Å²) in [6, 6.07) is 65.7. The molecule has 0 saturated carbocycles. The second kappa shape index (κ2) is 21.8. The number of ether oxygens (including phenoxy) is 1. The van der Waals surface area contributed by atoms with Gasteiger partial charge in [0.2, 0.25) is 0 Å². The Hall–Kier alpha value is -6.55. The normalized spacial score (nSPS) is 16.6. The number of hydrogen-bond acceptors (Lipinski definition) is 5. The number of amidine groups is 1. The molecule has 79 heavy (non-hydrogen) atoms. The predicted molar refractivity (Wildman–Crippen MR) is 328 cm³/mol. The van der Waals surface area contributed by atoms with Crippen molar-refractivity contribution in [3.63, 3.8) is 0 Å². The van der Waals surface area contributed by atoms with Gasteiger partial charge < -0.3 is 19.5 Å². The number of hydrogen-bond donors (Lipinski definition) is 0. The van der Waals surface area contributed by atoms with Crippen LogP contribution in [0.4, 0.5) is 22.9 Å². The van der Waals surface area contributed by atoms with Crippen LogP contribution in [0.5, 0.6) is 11.5 Å². The van der Waals surface area contributed by atoms with Crippen LogP contribution in [0.15, 0.2) is 169 Å². The standard InChI is InChI=1S/C73H80N4O.Pt/c1-46(2)57-31-25-32-58(47(3)4)66(57)52-41-53(43-56(42-52)78-55-37-38-62-64(45-55)76(63-36-24-23-35-61(63)71(62,12)13)65-44-54(39-40-74-65)70(9,10)11)69-75-72(14,15)73(16,67(50-27-19-17-20-28-50)51-29-21-18-22-30-51)77(69)68-59(48(5)6)33-26-34-60(68)49(7)8;/h17-42,44,46-49,67H,1-16H3;/q-2;+2/t73-;/m0./s1. The van der Waals surface area contributed by atoms with Crippen LogP contribution >= 0.6 is 0 Å². The van der Waals surface area contributed by atoms with E-state index in [4.69, 9.17) is 14.7 Å². The van der Waals surface area contributed by atoms with Crippen LogP contribution in [0.2, 0.25) is 0 Å². The Morgan fingerprint density at radius 2 is 1.09 bits per heavy atom. The summed E-state index contributed by atoms with van der Waals surface area (Å²) >= 11 is 0. The van der Waals surface area contributed by atoms with Crippen LogP contribution in [-0.2, 0) is 31.9 Å². The maximum Gasteiger partial charge on any atom is 2.00 e. The molecule has 8 aromatic rings. The Labute approximate surface area is 487 Å². The zero-order chi connectivity index (χ0) is 55.6. The van der Waals surface area contributed by atoms with Gasteiger partial charge in [-0.3, -0.25) is 0 Å². The monoisotopic (exact) mass is 1220 g/mol. The molecule has 0 N–H and O–H groups in total. The van der Waals surface area contributed by atoms with E-state index < -0.39 is 11.1 Å². The molecule has 0 spiro atoms. The number of rotatable bonds is 13. The van der Waals surface area contributed by atoms with Crippen molar-refractivity contribution in [2.45, 2.75) is 162 Å². The molecule has 3 heterocycles. The Kier molecular flexibility index (Phi) is 15.8. The third kappa shape index (κ3) is 10.2. The van der Waals surface area contributed by atoms with E-state index in [2.05, 4.69) is 290 Å². The summed E-state index contributed by atoms with van der Waals surface area (Å²) in [5, 5.41) is 0. The van der Waals surface area contributed by atoms with E-state index in [-0.39, 0.29) is 61.5 Å². The van der Waals surface area contributed by atoms with Crippen LogP contribution in [0.3, 0.4) is 0 Å². The molecule has 0 aliphatic carbocycles. The van der Waals surface area contributed by atoms with Gasteiger partial charge in [-0.05, 0) is 124 Å². The molecule has 1 atom stereocenters. The first kappa shape index (κ1) is 57.1. The SMILES string of the molecule is CC(C)c1cccc(C(C)C)c1-c1cc(Oc2[c-]c3c(cc2)C(C)(C)c2ccccc2N3c2cc(C(C)(C)C)ccn2)[c-]c(C2=NC(C)(C)[C@](C)(C(c3ccccc3)c3ccccc3)N2c2c(C(C)C)cccc2C(C)C)c1.[Pt+2]. The van der Waals surface area contributed by atoms with Crippen LogP contribution in [-0.4, -0.2) is 21.9 Å². The number of nitrogens with zero attached hydrogens (tertiary/aromatic N) is 4. The molecule has 2 aliphatic rings. The van der Waals surface area contributed by atoms with Gasteiger partial charge in [-0.2, -0.15) is 6.07 Å². The molecule has 408 valence electrons. The number of pyridine rings is 1. The average molecular weight is 1220 g/mol. The van der Waals surface area contributed by atoms with E-state index in [1.807, 2.05) is 6.20 Å². The van der Waals surface area contributed by atoms with Gasteiger partial charge in [0.25, 0.3) is 0 Å². The topological polar surface area (TPSA) is 41.0 Å². The summed E-state index contributed by atoms with van der Waals surface area (Å²) in [6.07, 6.45) is 1.94. The Morgan fingerprint density at radius 3 is 1.65 bits per heavy atom. The molecule has 10 rings (SSSR count). The first-order valence-corrected chi connectivity index (χ1v) is 28.5. The maximum absolute atomic E-state index is 7.35. The quantitative estimate of drug-likeness (QED) is 0.108. The number of aliphatic imine (C=N–C) groups is 1. The molecule has 0 amide bonds. The summed E-state index contributed by atoms with van der Waals surface area (Å²) in [6.45, 7) is 37.0. The van der Waals surface area contributed by atoms with Crippen molar-refractivity contribution in [3.05, 3.63) is 232 Å². The van der Waals surface area contributed by atoms with Gasteiger partial charge in [-0.15, -0.1) is 29.3 Å². The molecular formula is C73H80N4OPt. The molecule has 0 bridgehead atoms. The minimum atomic E-state index is -0.652. The van der Waals surface area contributed by atoms with Gasteiger partial charge in [-0.1, -0.05) is 229 Å². The van der Waals surface area contributed by atoms with Crippen molar-refractivity contribution in [2.75, 3.05) is 9.80 Å². The third-order valence-electron chi connectivity index (χ3n) is 17.1. The van der Waals surface area contributed by atoms with E-state index >= 15 is 0 Å². The van der Waals surface area contributed by atoms with Crippen molar-refractivity contribution >= 4 is 28.7 Å². The van der Waals surface area contributed by atoms with Crippen molar-refractivity contribution < 1.29 is 25.8 Å². The van der Waals surface area contributed by atoms with Crippen molar-refractivity contribution in [3.8, 4) is 22.6 Å². The minimum Gasteiger partial charge on any atom is -0.503 e. The van der Waals surface area contributed by atoms with Crippen LogP contribution in [0, 0.1) is 12.1 Å². The summed E-state index contributed by atoms with van der Waals surface area (Å²) in [5.41, 5.74) is 15.9. The summed E-state index contributed by atoms with van der Waals surface area (Å²) in [5.74, 6) is 3.79. The Balaban J connectivity index is 0.00000757. The molecular weight excluding hydrogens is 1140 g/mol. The van der Waals surface area contributed by atoms with Crippen molar-refractivity contribution in [1.29, 1.82) is 0 Å². The number of benzene rings is 7. The van der Waals surface area contributed by atoms with Gasteiger partial charge in [0.1, 0.15) is 5.82 Å². The second-order valence-corrected chi connectivity index (χ2v) is 25.4. The fourth-order valence-corrected chi connectivity index (χ4v) is 12.6. The fraction of sp³-hybridized carbons (Fsp3) is 0.342. The summed E-state index contributed by atoms with van der Waals surface area (Å²) < 4.78 is 7.35. The molecule has 0 fully saturated rings. The maximum atomic E-state index is 7.35. The molecule has 0 radical (unpaired) electrons. The van der Waals surface area contributed by atoms with Gasteiger partial charge >= 0.3 is 21.1 Å². The molecule has 0 unspecified atom stereocenters. The molecule has 5 nitrogen and oxygen atoms in total. The molecule has 0 saturated heterocycles. The van der Waals surface area contributed by atoms with Crippen LogP contribution in [0.1, 0.15) is 196 Å². The number of anilines is 4. The minimum absolute atomic E-state index is 0. The summed E-state index contributed by atoms with van der Waals surface area (Å²) in [7, 11) is 0. The molecule has 7 aromatic carbocycles. The number of para-hydroxylation sites is 2. The third-order valence-corrected chi connectivity index (χ3v) is 17.1. The molecule has 1 aromatic heterocycles. The number of aromatic nitrogens is 1. The van der Waals surface area contributed by atoms with Gasteiger partial charge in [0.15, 0.2) is 0 Å². The van der Waals surface area contributed by atoms with Gasteiger partial charge in [0.05, 0.1) is 16.9 Å². The van der Waals surface area contributed by atoms with E-state index in [1.165, 1.54) is 55.8 Å². The van der Waals surface area contributed by atoms with Gasteiger partial charge in [-0.25, -0.2) is 4.98 Å². The molecule has 6 heteroatoms. The van der Waals surface area contributed by atoms with E-state index in [9.17, 15) is 0 Å². The molecule has 2 aliphatic heterocycles. The van der Waals surface area contributed by atoms with E-state index in [0.29, 0.717) is 11.5 Å². The zero-order valence-corrected chi connectivity index (χ0v) is 51.8. The summed E-state index contributed by atoms with van der Waals surface area (Å²) in [4.78, 5) is 16.1. The van der Waals surface area contributed by atoms with Gasteiger partial charge in [0, 0.05) is 35.0 Å². The van der Waals surface area contributed by atoms with Crippen LogP contribution < -0.4 is 14.5 Å². The first-order chi connectivity index (χ1) is 37.0. The van der Waals surface area contributed by atoms with E-state index in [0.717, 1.165) is 39.7 Å². The Bertz CT molecular complexity index is 3440. The van der Waals surface area contributed by atoms with Crippen molar-refractivity contribution in [2.24, 2.45) is 4.99 Å². The van der Waals surface area contributed by atoms with E-state index in [1.54, 1.807) is 0 Å². The Morgan fingerprint density at radius 1 is 0.544 bits per heavy atom. The largest absolute Gasteiger partial charge is 2.00 e. The fourth-order valence-electron chi connectivity index (χ4n) is 12.6. The predicted octanol–water partition coefficient (Wildman–Crippen LogP) is 19.7.